The molecule has 4 N–H and O–H groups in total. The molecule has 0 saturated carbocycles. The first-order valence-corrected chi connectivity index (χ1v) is 16.2. The fourth-order valence-electron chi connectivity index (χ4n) is 6.26. The third kappa shape index (κ3) is 7.77. The van der Waals surface area contributed by atoms with Crippen LogP contribution in [0, 0.1) is 0 Å². The van der Waals surface area contributed by atoms with E-state index in [1.165, 1.54) is 10.9 Å². The Balaban J connectivity index is 1.04. The molecule has 2 aliphatic rings. The number of H-pyrrole nitrogens is 1. The molecule has 1 saturated heterocycles. The molecule has 12 nitrogen and oxygen atoms in total. The number of nitrogens with one attached hydrogen (secondary N) is 3. The number of fused-ring (bicyclic) bond motifs is 2. The lowest BCUT2D eigenvalue weighted by Gasteiger charge is -2.27. The number of imide groups is 2. The number of ether oxygens (including phenoxy) is 1. The van der Waals surface area contributed by atoms with Crippen molar-refractivity contribution in [3.05, 3.63) is 107 Å². The summed E-state index contributed by atoms with van der Waals surface area (Å²) in [5.74, 6) is -3.16. The molecule has 12 heteroatoms. The second-order valence-corrected chi connectivity index (χ2v) is 12.0. The molecule has 49 heavy (non-hydrogen) atoms. The van der Waals surface area contributed by atoms with E-state index in [0.717, 1.165) is 40.6 Å². The van der Waals surface area contributed by atoms with Gasteiger partial charge in [0, 0.05) is 61.5 Å². The highest BCUT2D eigenvalue weighted by molar-refractivity contribution is 6.25. The van der Waals surface area contributed by atoms with E-state index >= 15 is 0 Å². The summed E-state index contributed by atoms with van der Waals surface area (Å²) < 4.78 is 5.99. The lowest BCUT2D eigenvalue weighted by atomic mass is 10.0. The standard InChI is InChI=1S/C37H37N5O7/c43-32-14-13-31(35(46)40-32)42-36(47)28-5-3-7-30(34(28)37(42)48)38-17-20-49-21-19-41(18-16-26-22-39-29-6-2-1-4-27(26)29)23-25-10-8-24(9-11-25)12-15-33(44)45/h1-12,15,22,31,38-39H,13-14,16-21,23H2,(H,44,45)(H,40,43,46)/b15-12+. The van der Waals surface area contributed by atoms with Crippen molar-refractivity contribution in [2.24, 2.45) is 0 Å². The number of piperidine rings is 1. The summed E-state index contributed by atoms with van der Waals surface area (Å²) in [6, 6.07) is 20.0. The molecular weight excluding hydrogens is 626 g/mol. The zero-order valence-corrected chi connectivity index (χ0v) is 26.8. The van der Waals surface area contributed by atoms with Crippen molar-refractivity contribution in [1.29, 1.82) is 0 Å². The second-order valence-electron chi connectivity index (χ2n) is 12.0. The Morgan fingerprint density at radius 3 is 2.59 bits per heavy atom. The van der Waals surface area contributed by atoms with Crippen molar-refractivity contribution < 1.29 is 33.8 Å². The van der Waals surface area contributed by atoms with Gasteiger partial charge in [-0.15, -0.1) is 0 Å². The van der Waals surface area contributed by atoms with Gasteiger partial charge in [0.25, 0.3) is 11.8 Å². The van der Waals surface area contributed by atoms with E-state index in [1.54, 1.807) is 24.3 Å². The normalized spacial score (nSPS) is 16.2. The molecule has 2 aliphatic heterocycles. The maximum atomic E-state index is 13.3. The highest BCUT2D eigenvalue weighted by Crippen LogP contribution is 2.32. The van der Waals surface area contributed by atoms with Crippen LogP contribution in [0.5, 0.6) is 0 Å². The van der Waals surface area contributed by atoms with E-state index in [4.69, 9.17) is 9.84 Å². The van der Waals surface area contributed by atoms with Crippen LogP contribution in [0.2, 0.25) is 0 Å². The Bertz CT molecular complexity index is 1920. The van der Waals surface area contributed by atoms with Gasteiger partial charge < -0.3 is 20.1 Å². The summed E-state index contributed by atoms with van der Waals surface area (Å²) in [6.07, 6.45) is 5.73. The van der Waals surface area contributed by atoms with E-state index in [0.29, 0.717) is 38.5 Å². The highest BCUT2D eigenvalue weighted by atomic mass is 16.5. The Labute approximate surface area is 282 Å². The van der Waals surface area contributed by atoms with Gasteiger partial charge >= 0.3 is 5.97 Å². The molecule has 3 heterocycles. The smallest absolute Gasteiger partial charge is 0.328 e. The molecule has 1 atom stereocenters. The number of hydrogen-bond donors (Lipinski definition) is 4. The van der Waals surface area contributed by atoms with Gasteiger partial charge in [0.15, 0.2) is 0 Å². The molecule has 0 aliphatic carbocycles. The van der Waals surface area contributed by atoms with Crippen molar-refractivity contribution in [2.45, 2.75) is 31.8 Å². The Kier molecular flexibility index (Phi) is 10.3. The highest BCUT2D eigenvalue weighted by Gasteiger charge is 2.45. The van der Waals surface area contributed by atoms with Gasteiger partial charge in [-0.1, -0.05) is 48.5 Å². The van der Waals surface area contributed by atoms with Crippen LogP contribution >= 0.6 is 0 Å². The number of carbonyl (C=O) groups is 5. The van der Waals surface area contributed by atoms with E-state index in [9.17, 15) is 24.0 Å². The van der Waals surface area contributed by atoms with Crippen LogP contribution in [0.25, 0.3) is 17.0 Å². The van der Waals surface area contributed by atoms with E-state index in [2.05, 4.69) is 38.8 Å². The number of nitrogens with zero attached hydrogens (tertiary/aromatic N) is 2. The van der Waals surface area contributed by atoms with Gasteiger partial charge in [0.1, 0.15) is 6.04 Å². The average Bonchev–Trinajstić information content (AvgIpc) is 3.62. The van der Waals surface area contributed by atoms with Crippen LogP contribution in [0.15, 0.2) is 79.0 Å². The van der Waals surface area contributed by atoms with Gasteiger partial charge in [-0.2, -0.15) is 0 Å². The predicted molar refractivity (Wildman–Crippen MR) is 183 cm³/mol. The van der Waals surface area contributed by atoms with E-state index < -0.39 is 35.6 Å². The second kappa shape index (κ2) is 15.1. The van der Waals surface area contributed by atoms with Crippen molar-refractivity contribution in [2.75, 3.05) is 38.2 Å². The van der Waals surface area contributed by atoms with Crippen LogP contribution in [-0.4, -0.2) is 88.4 Å². The number of anilines is 1. The number of rotatable bonds is 15. The largest absolute Gasteiger partial charge is 0.478 e. The third-order valence-electron chi connectivity index (χ3n) is 8.76. The minimum atomic E-state index is -1.02. The van der Waals surface area contributed by atoms with Crippen molar-refractivity contribution in [1.82, 2.24) is 20.1 Å². The number of aliphatic carboxylic acids is 1. The molecule has 0 spiro atoms. The molecule has 0 radical (unpaired) electrons. The van der Waals surface area contributed by atoms with Crippen LogP contribution < -0.4 is 10.6 Å². The summed E-state index contributed by atoms with van der Waals surface area (Å²) >= 11 is 0. The first-order chi connectivity index (χ1) is 23.8. The monoisotopic (exact) mass is 663 g/mol. The SMILES string of the molecule is O=C(O)/C=C/c1ccc(CN(CCOCCNc2cccc3c2C(=O)N(C2CCC(=O)NC2=O)C3=O)CCc2c[nH]c3ccccc23)cc1. The maximum absolute atomic E-state index is 13.3. The van der Waals surface area contributed by atoms with Gasteiger partial charge in [-0.25, -0.2) is 4.79 Å². The number of benzene rings is 3. The number of carboxylic acids is 1. The van der Waals surface area contributed by atoms with E-state index in [1.807, 2.05) is 36.4 Å². The molecule has 4 amide bonds. The summed E-state index contributed by atoms with van der Waals surface area (Å²) in [7, 11) is 0. The zero-order chi connectivity index (χ0) is 34.3. The topological polar surface area (TPSA) is 161 Å². The Morgan fingerprint density at radius 1 is 0.980 bits per heavy atom. The van der Waals surface area contributed by atoms with Crippen LogP contribution in [-0.2, 0) is 32.1 Å². The Morgan fingerprint density at radius 2 is 1.80 bits per heavy atom. The number of para-hydroxylation sites is 1. The quantitative estimate of drug-likeness (QED) is 0.0842. The minimum Gasteiger partial charge on any atom is -0.478 e. The van der Waals surface area contributed by atoms with Gasteiger partial charge in [-0.3, -0.25) is 34.3 Å². The van der Waals surface area contributed by atoms with Gasteiger partial charge in [0.2, 0.25) is 11.8 Å². The first kappa shape index (κ1) is 33.3. The molecule has 1 aromatic heterocycles. The number of amides is 4. The fourth-order valence-corrected chi connectivity index (χ4v) is 6.26. The molecule has 6 rings (SSSR count). The number of aromatic nitrogens is 1. The van der Waals surface area contributed by atoms with Crippen LogP contribution in [0.3, 0.4) is 0 Å². The molecular formula is C37H37N5O7. The molecule has 1 fully saturated rings. The van der Waals surface area contributed by atoms with Crippen molar-refractivity contribution >= 4 is 52.3 Å². The van der Waals surface area contributed by atoms with Gasteiger partial charge in [0.05, 0.1) is 24.3 Å². The van der Waals surface area contributed by atoms with E-state index in [-0.39, 0.29) is 24.0 Å². The average molecular weight is 664 g/mol. The number of carboxylic acid groups (broad SMARTS) is 1. The number of carbonyl (C=O) groups excluding carboxylic acids is 4. The van der Waals surface area contributed by atoms with Crippen LogP contribution in [0.1, 0.15) is 50.2 Å². The predicted octanol–water partition coefficient (Wildman–Crippen LogP) is 3.84. The summed E-state index contributed by atoms with van der Waals surface area (Å²) in [4.78, 5) is 68.0. The minimum absolute atomic E-state index is 0.0607. The molecule has 0 bridgehead atoms. The zero-order valence-electron chi connectivity index (χ0n) is 26.8. The summed E-state index contributed by atoms with van der Waals surface area (Å²) in [6.45, 7) is 3.34. The van der Waals surface area contributed by atoms with Crippen LogP contribution in [0.4, 0.5) is 5.69 Å². The van der Waals surface area contributed by atoms with Crippen molar-refractivity contribution in [3.8, 4) is 0 Å². The lowest BCUT2D eigenvalue weighted by molar-refractivity contribution is -0.136. The van der Waals surface area contributed by atoms with Crippen molar-refractivity contribution in [3.63, 3.8) is 0 Å². The molecule has 252 valence electrons. The fraction of sp³-hybridized carbons (Fsp3) is 0.270. The molecule has 4 aromatic rings. The Hall–Kier alpha value is -5.59. The summed E-state index contributed by atoms with van der Waals surface area (Å²) in [5, 5.41) is 15.5. The van der Waals surface area contributed by atoms with Gasteiger partial charge in [-0.05, 0) is 53.8 Å². The number of hydrogen-bond acceptors (Lipinski definition) is 8. The molecule has 1 unspecified atom stereocenters. The third-order valence-corrected chi connectivity index (χ3v) is 8.76. The maximum Gasteiger partial charge on any atom is 0.328 e. The number of aromatic amines is 1. The molecule has 3 aromatic carbocycles. The summed E-state index contributed by atoms with van der Waals surface area (Å²) in [5.41, 5.74) is 5.16. The first-order valence-electron chi connectivity index (χ1n) is 16.2. The lowest BCUT2D eigenvalue weighted by Crippen LogP contribution is -2.54.